The molecule has 0 radical (unpaired) electrons. The Bertz CT molecular complexity index is 453. The van der Waals surface area contributed by atoms with Gasteiger partial charge in [0.15, 0.2) is 0 Å². The first-order chi connectivity index (χ1) is 8.95. The molecule has 0 bridgehead atoms. The van der Waals surface area contributed by atoms with Crippen molar-refractivity contribution in [3.63, 3.8) is 0 Å². The Morgan fingerprint density at radius 2 is 2.11 bits per heavy atom. The fraction of sp³-hybridized carbons (Fsp3) is 0.571. The van der Waals surface area contributed by atoms with Gasteiger partial charge in [0.2, 0.25) is 5.88 Å². The SMILES string of the molecule is CC(C)COc1nc(N(C)C(C)CC#N)ccc1N. The fourth-order valence-electron chi connectivity index (χ4n) is 1.49. The van der Waals surface area contributed by atoms with Crippen LogP contribution in [0.2, 0.25) is 0 Å². The Kier molecular flexibility index (Phi) is 5.43. The van der Waals surface area contributed by atoms with Crippen LogP contribution in [0.3, 0.4) is 0 Å². The number of hydrogen-bond donors (Lipinski definition) is 1. The maximum absolute atomic E-state index is 8.73. The molecule has 1 aromatic heterocycles. The van der Waals surface area contributed by atoms with Gasteiger partial charge in [0.25, 0.3) is 0 Å². The van der Waals surface area contributed by atoms with Crippen molar-refractivity contribution in [3.05, 3.63) is 12.1 Å². The summed E-state index contributed by atoms with van der Waals surface area (Å²) >= 11 is 0. The van der Waals surface area contributed by atoms with Crippen LogP contribution in [-0.4, -0.2) is 24.7 Å². The molecule has 2 N–H and O–H groups in total. The standard InChI is InChI=1S/C14H22N4O/c1-10(2)9-19-14-12(16)5-6-13(17-14)18(4)11(3)7-8-15/h5-6,10-11H,7,9,16H2,1-4H3. The maximum atomic E-state index is 8.73. The van der Waals surface area contributed by atoms with E-state index in [1.54, 1.807) is 6.07 Å². The molecule has 0 fully saturated rings. The number of pyridine rings is 1. The summed E-state index contributed by atoms with van der Waals surface area (Å²) in [5.41, 5.74) is 6.39. The lowest BCUT2D eigenvalue weighted by Gasteiger charge is -2.24. The minimum atomic E-state index is 0.0964. The van der Waals surface area contributed by atoms with E-state index < -0.39 is 0 Å². The number of nitrogens with zero attached hydrogens (tertiary/aromatic N) is 3. The number of nitrogen functional groups attached to an aromatic ring is 1. The Labute approximate surface area is 115 Å². The van der Waals surface area contributed by atoms with Crippen molar-refractivity contribution < 1.29 is 4.74 Å². The van der Waals surface area contributed by atoms with E-state index in [2.05, 4.69) is 24.9 Å². The Hall–Kier alpha value is -1.96. The van der Waals surface area contributed by atoms with Gasteiger partial charge in [-0.15, -0.1) is 0 Å². The second-order valence-electron chi connectivity index (χ2n) is 5.09. The summed E-state index contributed by atoms with van der Waals surface area (Å²) in [6.45, 7) is 6.70. The van der Waals surface area contributed by atoms with Crippen molar-refractivity contribution in [3.8, 4) is 11.9 Å². The molecule has 0 aliphatic rings. The van der Waals surface area contributed by atoms with Gasteiger partial charge in [0, 0.05) is 13.1 Å². The van der Waals surface area contributed by atoms with Gasteiger partial charge in [-0.25, -0.2) is 0 Å². The predicted octanol–water partition coefficient (Wildman–Crippen LogP) is 2.44. The van der Waals surface area contributed by atoms with E-state index in [0.29, 0.717) is 30.5 Å². The molecule has 0 aliphatic carbocycles. The molecule has 0 saturated carbocycles. The highest BCUT2D eigenvalue weighted by molar-refractivity contribution is 5.54. The summed E-state index contributed by atoms with van der Waals surface area (Å²) in [4.78, 5) is 6.37. The van der Waals surface area contributed by atoms with Gasteiger partial charge in [-0.1, -0.05) is 13.8 Å². The third-order valence-electron chi connectivity index (χ3n) is 2.84. The summed E-state index contributed by atoms with van der Waals surface area (Å²) in [7, 11) is 1.91. The van der Waals surface area contributed by atoms with E-state index in [1.165, 1.54) is 0 Å². The minimum absolute atomic E-state index is 0.0964. The highest BCUT2D eigenvalue weighted by atomic mass is 16.5. The largest absolute Gasteiger partial charge is 0.476 e. The normalized spacial score (nSPS) is 12.0. The zero-order valence-electron chi connectivity index (χ0n) is 12.1. The molecular formula is C14H22N4O. The highest BCUT2D eigenvalue weighted by Crippen LogP contribution is 2.24. The zero-order chi connectivity index (χ0) is 14.4. The lowest BCUT2D eigenvalue weighted by atomic mass is 10.2. The molecule has 5 nitrogen and oxygen atoms in total. The first-order valence-corrected chi connectivity index (χ1v) is 6.44. The average Bonchev–Trinajstić information content (AvgIpc) is 2.37. The second kappa shape index (κ2) is 6.83. The quantitative estimate of drug-likeness (QED) is 0.852. The summed E-state index contributed by atoms with van der Waals surface area (Å²) in [6.07, 6.45) is 0.449. The van der Waals surface area contributed by atoms with E-state index in [-0.39, 0.29) is 6.04 Å². The van der Waals surface area contributed by atoms with Crippen LogP contribution >= 0.6 is 0 Å². The predicted molar refractivity (Wildman–Crippen MR) is 77.1 cm³/mol. The average molecular weight is 262 g/mol. The van der Waals surface area contributed by atoms with Crippen LogP contribution in [0.25, 0.3) is 0 Å². The van der Waals surface area contributed by atoms with Crippen molar-refractivity contribution in [2.45, 2.75) is 33.2 Å². The molecule has 1 rings (SSSR count). The van der Waals surface area contributed by atoms with Crippen LogP contribution in [0.1, 0.15) is 27.2 Å². The maximum Gasteiger partial charge on any atom is 0.239 e. The van der Waals surface area contributed by atoms with Crippen molar-refractivity contribution in [2.24, 2.45) is 5.92 Å². The van der Waals surface area contributed by atoms with Gasteiger partial charge in [0.05, 0.1) is 24.8 Å². The number of nitriles is 1. The number of nitrogens with two attached hydrogens (primary N) is 1. The lowest BCUT2D eigenvalue weighted by Crippen LogP contribution is -2.29. The Morgan fingerprint density at radius 3 is 2.68 bits per heavy atom. The number of ether oxygens (including phenoxy) is 1. The van der Waals surface area contributed by atoms with Gasteiger partial charge < -0.3 is 15.4 Å². The molecule has 0 spiro atoms. The number of anilines is 2. The molecule has 1 unspecified atom stereocenters. The van der Waals surface area contributed by atoms with Gasteiger partial charge in [-0.3, -0.25) is 0 Å². The van der Waals surface area contributed by atoms with Crippen LogP contribution in [0, 0.1) is 17.2 Å². The van der Waals surface area contributed by atoms with E-state index >= 15 is 0 Å². The third-order valence-corrected chi connectivity index (χ3v) is 2.84. The molecular weight excluding hydrogens is 240 g/mol. The molecule has 0 amide bonds. The third kappa shape index (κ3) is 4.32. The van der Waals surface area contributed by atoms with Crippen LogP contribution in [0.5, 0.6) is 5.88 Å². The molecule has 1 atom stereocenters. The molecule has 0 saturated heterocycles. The lowest BCUT2D eigenvalue weighted by molar-refractivity contribution is 0.263. The molecule has 1 aromatic rings. The second-order valence-corrected chi connectivity index (χ2v) is 5.09. The van der Waals surface area contributed by atoms with Crippen molar-refractivity contribution in [2.75, 3.05) is 24.3 Å². The van der Waals surface area contributed by atoms with E-state index in [1.807, 2.05) is 24.9 Å². The minimum Gasteiger partial charge on any atom is -0.476 e. The van der Waals surface area contributed by atoms with Gasteiger partial charge in [0.1, 0.15) is 5.82 Å². The molecule has 19 heavy (non-hydrogen) atoms. The number of rotatable bonds is 6. The Morgan fingerprint density at radius 1 is 1.42 bits per heavy atom. The highest BCUT2D eigenvalue weighted by Gasteiger charge is 2.13. The van der Waals surface area contributed by atoms with Crippen LogP contribution in [-0.2, 0) is 0 Å². The smallest absolute Gasteiger partial charge is 0.239 e. The molecule has 1 heterocycles. The first-order valence-electron chi connectivity index (χ1n) is 6.44. The fourth-order valence-corrected chi connectivity index (χ4v) is 1.49. The van der Waals surface area contributed by atoms with Gasteiger partial charge in [-0.2, -0.15) is 10.2 Å². The molecule has 104 valence electrons. The number of hydrogen-bond acceptors (Lipinski definition) is 5. The molecule has 0 aromatic carbocycles. The summed E-state index contributed by atoms with van der Waals surface area (Å²) in [5.74, 6) is 1.64. The summed E-state index contributed by atoms with van der Waals surface area (Å²) in [6, 6.07) is 5.88. The van der Waals surface area contributed by atoms with Crippen LogP contribution < -0.4 is 15.4 Å². The van der Waals surface area contributed by atoms with E-state index in [9.17, 15) is 0 Å². The van der Waals surface area contributed by atoms with Crippen LogP contribution in [0.15, 0.2) is 12.1 Å². The molecule has 0 aliphatic heterocycles. The van der Waals surface area contributed by atoms with Crippen molar-refractivity contribution >= 4 is 11.5 Å². The first kappa shape index (κ1) is 15.1. The summed E-state index contributed by atoms with van der Waals surface area (Å²) < 4.78 is 5.60. The number of aromatic nitrogens is 1. The topological polar surface area (TPSA) is 75.2 Å². The monoisotopic (exact) mass is 262 g/mol. The van der Waals surface area contributed by atoms with Gasteiger partial charge >= 0.3 is 0 Å². The van der Waals surface area contributed by atoms with Crippen molar-refractivity contribution in [1.82, 2.24) is 4.98 Å². The van der Waals surface area contributed by atoms with Gasteiger partial charge in [-0.05, 0) is 25.0 Å². The Balaban J connectivity index is 2.86. The molecule has 5 heteroatoms. The van der Waals surface area contributed by atoms with E-state index in [0.717, 1.165) is 5.82 Å². The zero-order valence-corrected chi connectivity index (χ0v) is 12.1. The van der Waals surface area contributed by atoms with Crippen molar-refractivity contribution in [1.29, 1.82) is 5.26 Å². The van der Waals surface area contributed by atoms with E-state index in [4.69, 9.17) is 15.7 Å². The van der Waals surface area contributed by atoms with Crippen LogP contribution in [0.4, 0.5) is 11.5 Å². The summed E-state index contributed by atoms with van der Waals surface area (Å²) in [5, 5.41) is 8.73.